The number of hydrogen-bond acceptors (Lipinski definition) is 9. The van der Waals surface area contributed by atoms with Crippen molar-refractivity contribution in [3.8, 4) is 23.0 Å². The maximum absolute atomic E-state index is 12.1. The minimum atomic E-state index is -0.602. The van der Waals surface area contributed by atoms with Crippen LogP contribution >= 0.6 is 0 Å². The molecule has 0 unspecified atom stereocenters. The Balaban J connectivity index is 1.62. The Bertz CT molecular complexity index is 974. The fourth-order valence-corrected chi connectivity index (χ4v) is 3.87. The minimum absolute atomic E-state index is 0.0996. The molecule has 0 aliphatic carbocycles. The Hall–Kier alpha value is -3.46. The summed E-state index contributed by atoms with van der Waals surface area (Å²) in [5, 5.41) is 21.3. The molecular weight excluding hydrogens is 408 g/mol. The van der Waals surface area contributed by atoms with Gasteiger partial charge < -0.3 is 33.9 Å². The molecule has 2 aromatic carbocycles. The third-order valence-corrected chi connectivity index (χ3v) is 5.44. The molecule has 0 bridgehead atoms. The van der Waals surface area contributed by atoms with Crippen LogP contribution in [0.3, 0.4) is 0 Å². The SMILES string of the molecule is COc1cc2c(c(O)c1COCc1c(OC)cc3c(c1O)C(=O)OCC3)C(=O)OCC2. The van der Waals surface area contributed by atoms with Gasteiger partial charge in [-0.2, -0.15) is 0 Å². The summed E-state index contributed by atoms with van der Waals surface area (Å²) >= 11 is 0. The zero-order chi connectivity index (χ0) is 22.1. The molecule has 0 atom stereocenters. The quantitative estimate of drug-likeness (QED) is 0.665. The summed E-state index contributed by atoms with van der Waals surface area (Å²) < 4.78 is 26.5. The van der Waals surface area contributed by atoms with Gasteiger partial charge in [0.25, 0.3) is 0 Å². The van der Waals surface area contributed by atoms with Crippen molar-refractivity contribution in [3.05, 3.63) is 45.5 Å². The first kappa shape index (κ1) is 20.8. The van der Waals surface area contributed by atoms with Gasteiger partial charge in [-0.1, -0.05) is 0 Å². The lowest BCUT2D eigenvalue weighted by Gasteiger charge is -2.22. The highest BCUT2D eigenvalue weighted by Crippen LogP contribution is 2.39. The van der Waals surface area contributed by atoms with E-state index in [-0.39, 0.29) is 60.2 Å². The standard InChI is InChI=1S/C22H22O9/c1-27-15-7-11-3-5-30-21(25)17(11)19(23)13(15)9-29-10-14-16(28-2)8-12-4-6-31-22(26)18(12)20(14)24/h7-8,23-24H,3-6,9-10H2,1-2H3. The van der Waals surface area contributed by atoms with Gasteiger partial charge in [0, 0.05) is 12.8 Å². The molecular formula is C22H22O9. The molecule has 2 heterocycles. The monoisotopic (exact) mass is 430 g/mol. The van der Waals surface area contributed by atoms with Crippen molar-refractivity contribution in [3.63, 3.8) is 0 Å². The Morgan fingerprint density at radius 3 is 1.61 bits per heavy atom. The number of carbonyl (C=O) groups excluding carboxylic acids is 2. The summed E-state index contributed by atoms with van der Waals surface area (Å²) in [6.07, 6.45) is 0.949. The second-order valence-electron chi connectivity index (χ2n) is 7.14. The zero-order valence-electron chi connectivity index (χ0n) is 17.1. The van der Waals surface area contributed by atoms with E-state index in [9.17, 15) is 19.8 Å². The predicted molar refractivity (Wildman–Crippen MR) is 106 cm³/mol. The fraction of sp³-hybridized carbons (Fsp3) is 0.364. The first-order chi connectivity index (χ1) is 15.0. The van der Waals surface area contributed by atoms with E-state index in [0.29, 0.717) is 35.5 Å². The van der Waals surface area contributed by atoms with E-state index >= 15 is 0 Å². The van der Waals surface area contributed by atoms with E-state index in [1.165, 1.54) is 14.2 Å². The molecule has 31 heavy (non-hydrogen) atoms. The molecule has 2 aliphatic heterocycles. The normalized spacial score (nSPS) is 14.9. The summed E-state index contributed by atoms with van der Waals surface area (Å²) in [6, 6.07) is 3.36. The summed E-state index contributed by atoms with van der Waals surface area (Å²) in [5.41, 5.74) is 2.03. The Kier molecular flexibility index (Phi) is 5.60. The molecule has 0 fully saturated rings. The van der Waals surface area contributed by atoms with Crippen LogP contribution in [0, 0.1) is 0 Å². The second-order valence-corrected chi connectivity index (χ2v) is 7.14. The van der Waals surface area contributed by atoms with Crippen molar-refractivity contribution < 1.29 is 43.5 Å². The molecule has 2 aliphatic rings. The van der Waals surface area contributed by atoms with Gasteiger partial charge >= 0.3 is 11.9 Å². The second kappa shape index (κ2) is 8.35. The van der Waals surface area contributed by atoms with Crippen LogP contribution < -0.4 is 9.47 Å². The number of aromatic hydroxyl groups is 2. The number of benzene rings is 2. The number of phenols is 2. The number of rotatable bonds is 6. The third kappa shape index (κ3) is 3.61. The van der Waals surface area contributed by atoms with Crippen molar-refractivity contribution in [2.45, 2.75) is 26.1 Å². The fourth-order valence-electron chi connectivity index (χ4n) is 3.87. The molecule has 9 heteroatoms. The van der Waals surface area contributed by atoms with E-state index in [2.05, 4.69) is 0 Å². The molecule has 9 nitrogen and oxygen atoms in total. The van der Waals surface area contributed by atoms with Crippen LogP contribution in [0.5, 0.6) is 23.0 Å². The van der Waals surface area contributed by atoms with Gasteiger partial charge in [0.05, 0.1) is 51.8 Å². The number of hydrogen-bond donors (Lipinski definition) is 2. The van der Waals surface area contributed by atoms with Crippen LogP contribution in [-0.2, 0) is 40.3 Å². The number of ether oxygens (including phenoxy) is 5. The molecule has 0 spiro atoms. The average Bonchev–Trinajstić information content (AvgIpc) is 2.76. The lowest BCUT2D eigenvalue weighted by Crippen LogP contribution is -2.19. The van der Waals surface area contributed by atoms with Crippen LogP contribution in [0.2, 0.25) is 0 Å². The molecule has 0 aromatic heterocycles. The topological polar surface area (TPSA) is 121 Å². The smallest absolute Gasteiger partial charge is 0.342 e. The summed E-state index contributed by atoms with van der Waals surface area (Å²) in [7, 11) is 2.91. The molecule has 0 saturated heterocycles. The molecule has 2 aromatic rings. The first-order valence-corrected chi connectivity index (χ1v) is 9.71. The lowest BCUT2D eigenvalue weighted by molar-refractivity contribution is 0.0465. The maximum atomic E-state index is 12.1. The van der Waals surface area contributed by atoms with Crippen LogP contribution in [0.15, 0.2) is 12.1 Å². The predicted octanol–water partition coefficient (Wildman–Crippen LogP) is 2.26. The summed E-state index contributed by atoms with van der Waals surface area (Å²) in [5.74, 6) is -0.980. The number of methoxy groups -OCH3 is 2. The van der Waals surface area contributed by atoms with Crippen LogP contribution in [0.1, 0.15) is 43.0 Å². The van der Waals surface area contributed by atoms with E-state index in [0.717, 1.165) is 0 Å². The molecule has 4 rings (SSSR count). The van der Waals surface area contributed by atoms with Gasteiger partial charge in [0.1, 0.15) is 34.1 Å². The van der Waals surface area contributed by atoms with Gasteiger partial charge in [0.2, 0.25) is 0 Å². The van der Waals surface area contributed by atoms with E-state index in [1.807, 2.05) is 0 Å². The van der Waals surface area contributed by atoms with Gasteiger partial charge in [-0.3, -0.25) is 0 Å². The Morgan fingerprint density at radius 2 is 1.23 bits per heavy atom. The largest absolute Gasteiger partial charge is 0.507 e. The van der Waals surface area contributed by atoms with E-state index < -0.39 is 11.9 Å². The number of carbonyl (C=O) groups is 2. The first-order valence-electron chi connectivity index (χ1n) is 9.71. The van der Waals surface area contributed by atoms with Crippen molar-refractivity contribution >= 4 is 11.9 Å². The molecule has 0 saturated carbocycles. The highest BCUT2D eigenvalue weighted by Gasteiger charge is 2.29. The Morgan fingerprint density at radius 1 is 0.806 bits per heavy atom. The molecule has 0 amide bonds. The van der Waals surface area contributed by atoms with Gasteiger partial charge in [-0.15, -0.1) is 0 Å². The van der Waals surface area contributed by atoms with Crippen molar-refractivity contribution in [2.75, 3.05) is 27.4 Å². The number of fused-ring (bicyclic) bond motifs is 2. The number of esters is 2. The molecule has 164 valence electrons. The number of cyclic esters (lactones) is 2. The van der Waals surface area contributed by atoms with Gasteiger partial charge in [-0.25, -0.2) is 9.59 Å². The van der Waals surface area contributed by atoms with Crippen molar-refractivity contribution in [1.82, 2.24) is 0 Å². The van der Waals surface area contributed by atoms with Crippen LogP contribution in [0.4, 0.5) is 0 Å². The Labute approximate surface area is 178 Å². The molecule has 2 N–H and O–H groups in total. The maximum Gasteiger partial charge on any atom is 0.342 e. The zero-order valence-corrected chi connectivity index (χ0v) is 17.1. The van der Waals surface area contributed by atoms with E-state index in [4.69, 9.17) is 23.7 Å². The summed E-state index contributed by atoms with van der Waals surface area (Å²) in [4.78, 5) is 24.2. The lowest BCUT2D eigenvalue weighted by atomic mass is 9.97. The highest BCUT2D eigenvalue weighted by molar-refractivity contribution is 5.96. The average molecular weight is 430 g/mol. The van der Waals surface area contributed by atoms with Crippen LogP contribution in [-0.4, -0.2) is 49.6 Å². The summed E-state index contributed by atoms with van der Waals surface area (Å²) in [6.45, 7) is 0.230. The van der Waals surface area contributed by atoms with Crippen molar-refractivity contribution in [2.24, 2.45) is 0 Å². The van der Waals surface area contributed by atoms with Crippen molar-refractivity contribution in [1.29, 1.82) is 0 Å². The highest BCUT2D eigenvalue weighted by atomic mass is 16.5. The van der Waals surface area contributed by atoms with Gasteiger partial charge in [-0.05, 0) is 23.3 Å². The van der Waals surface area contributed by atoms with Crippen LogP contribution in [0.25, 0.3) is 0 Å². The third-order valence-electron chi connectivity index (χ3n) is 5.44. The van der Waals surface area contributed by atoms with E-state index in [1.54, 1.807) is 12.1 Å². The minimum Gasteiger partial charge on any atom is -0.507 e. The molecule has 0 radical (unpaired) electrons. The number of phenolic OH excluding ortho intramolecular Hbond substituents is 2. The van der Waals surface area contributed by atoms with Gasteiger partial charge in [0.15, 0.2) is 0 Å².